The number of benzene rings is 2. The topological polar surface area (TPSA) is 75.7 Å². The van der Waals surface area contributed by atoms with E-state index >= 15 is 0 Å². The Labute approximate surface area is 154 Å². The highest BCUT2D eigenvalue weighted by atomic mass is 32.2. The van der Waals surface area contributed by atoms with Crippen LogP contribution in [0.15, 0.2) is 42.5 Å². The molecule has 0 fully saturated rings. The Bertz CT molecular complexity index is 894. The van der Waals surface area contributed by atoms with Crippen molar-refractivity contribution in [2.75, 3.05) is 25.2 Å². The van der Waals surface area contributed by atoms with E-state index in [1.807, 2.05) is 32.0 Å². The smallest absolute Gasteiger partial charge is 0.239 e. The third-order valence-electron chi connectivity index (χ3n) is 4.00. The molecule has 2 aromatic carbocycles. The molecule has 0 bridgehead atoms. The number of carbonyl (C=O) groups excluding carboxylic acids is 1. The molecular weight excluding hydrogens is 352 g/mol. The zero-order valence-corrected chi connectivity index (χ0v) is 16.3. The molecule has 0 radical (unpaired) electrons. The SMILES string of the molecule is COc1ccccc1CN(CC(=O)Nc1cc(C)ccc1C)S(C)(=O)=O. The monoisotopic (exact) mass is 376 g/mol. The number of sulfonamides is 1. The van der Waals surface area contributed by atoms with Crippen LogP contribution < -0.4 is 10.1 Å². The fourth-order valence-electron chi connectivity index (χ4n) is 2.53. The van der Waals surface area contributed by atoms with E-state index in [-0.39, 0.29) is 19.0 Å². The lowest BCUT2D eigenvalue weighted by atomic mass is 10.1. The summed E-state index contributed by atoms with van der Waals surface area (Å²) in [7, 11) is -2.05. The van der Waals surface area contributed by atoms with Crippen LogP contribution >= 0.6 is 0 Å². The predicted molar refractivity (Wildman–Crippen MR) is 103 cm³/mol. The van der Waals surface area contributed by atoms with Gasteiger partial charge in [0.15, 0.2) is 0 Å². The van der Waals surface area contributed by atoms with E-state index in [9.17, 15) is 13.2 Å². The summed E-state index contributed by atoms with van der Waals surface area (Å²) in [5.41, 5.74) is 3.31. The molecule has 0 aliphatic carbocycles. The average Bonchev–Trinajstić information content (AvgIpc) is 2.57. The molecule has 0 heterocycles. The first-order chi connectivity index (χ1) is 12.2. The number of hydrogen-bond acceptors (Lipinski definition) is 4. The second-order valence-corrected chi connectivity index (χ2v) is 8.19. The van der Waals surface area contributed by atoms with Gasteiger partial charge in [0.05, 0.1) is 19.9 Å². The molecule has 7 heteroatoms. The molecule has 140 valence electrons. The first-order valence-corrected chi connectivity index (χ1v) is 9.99. The number of para-hydroxylation sites is 1. The molecular formula is C19H24N2O4S. The number of ether oxygens (including phenoxy) is 1. The quantitative estimate of drug-likeness (QED) is 0.806. The lowest BCUT2D eigenvalue weighted by molar-refractivity contribution is -0.116. The Morgan fingerprint density at radius 3 is 2.50 bits per heavy atom. The Hall–Kier alpha value is -2.38. The molecule has 0 spiro atoms. The second kappa shape index (κ2) is 8.33. The van der Waals surface area contributed by atoms with Crippen LogP contribution in [0.2, 0.25) is 0 Å². The van der Waals surface area contributed by atoms with Crippen LogP contribution in [-0.2, 0) is 21.4 Å². The maximum absolute atomic E-state index is 12.4. The number of methoxy groups -OCH3 is 1. The summed E-state index contributed by atoms with van der Waals surface area (Å²) < 4.78 is 30.7. The second-order valence-electron chi connectivity index (χ2n) is 6.21. The van der Waals surface area contributed by atoms with Crippen molar-refractivity contribution in [2.24, 2.45) is 0 Å². The highest BCUT2D eigenvalue weighted by Gasteiger charge is 2.22. The van der Waals surface area contributed by atoms with Crippen LogP contribution in [0.3, 0.4) is 0 Å². The van der Waals surface area contributed by atoms with Gasteiger partial charge >= 0.3 is 0 Å². The van der Waals surface area contributed by atoms with Crippen molar-refractivity contribution in [2.45, 2.75) is 20.4 Å². The number of hydrogen-bond donors (Lipinski definition) is 1. The summed E-state index contributed by atoms with van der Waals surface area (Å²) in [6, 6.07) is 12.9. The number of amides is 1. The Kier molecular flexibility index (Phi) is 6.39. The molecule has 6 nitrogen and oxygen atoms in total. The number of aryl methyl sites for hydroxylation is 2. The van der Waals surface area contributed by atoms with E-state index in [4.69, 9.17) is 4.74 Å². The molecule has 26 heavy (non-hydrogen) atoms. The van der Waals surface area contributed by atoms with Crippen LogP contribution in [-0.4, -0.2) is 38.5 Å². The fraction of sp³-hybridized carbons (Fsp3) is 0.316. The van der Waals surface area contributed by atoms with Crippen LogP contribution in [0.5, 0.6) is 5.75 Å². The molecule has 1 amide bonds. The maximum Gasteiger partial charge on any atom is 0.239 e. The lowest BCUT2D eigenvalue weighted by Crippen LogP contribution is -2.37. The summed E-state index contributed by atoms with van der Waals surface area (Å²) >= 11 is 0. The Morgan fingerprint density at radius 1 is 1.15 bits per heavy atom. The molecule has 1 N–H and O–H groups in total. The zero-order chi connectivity index (χ0) is 19.3. The van der Waals surface area contributed by atoms with Crippen molar-refractivity contribution < 1.29 is 17.9 Å². The van der Waals surface area contributed by atoms with Gasteiger partial charge < -0.3 is 10.1 Å². The van der Waals surface area contributed by atoms with Crippen LogP contribution in [0.4, 0.5) is 5.69 Å². The minimum atomic E-state index is -3.58. The molecule has 0 aromatic heterocycles. The van der Waals surface area contributed by atoms with E-state index in [0.29, 0.717) is 17.0 Å². The maximum atomic E-state index is 12.4. The van der Waals surface area contributed by atoms with Gasteiger partial charge in [0.1, 0.15) is 5.75 Å². The minimum absolute atomic E-state index is 0.0586. The summed E-state index contributed by atoms with van der Waals surface area (Å²) in [5, 5.41) is 2.79. The summed E-state index contributed by atoms with van der Waals surface area (Å²) in [5.74, 6) is 0.190. The van der Waals surface area contributed by atoms with Gasteiger partial charge in [-0.3, -0.25) is 4.79 Å². The van der Waals surface area contributed by atoms with Crippen molar-refractivity contribution in [1.82, 2.24) is 4.31 Å². The van der Waals surface area contributed by atoms with Gasteiger partial charge in [0.25, 0.3) is 0 Å². The Balaban J connectivity index is 2.18. The van der Waals surface area contributed by atoms with E-state index < -0.39 is 10.0 Å². The van der Waals surface area contributed by atoms with Crippen LogP contribution in [0.25, 0.3) is 0 Å². The third-order valence-corrected chi connectivity index (χ3v) is 5.19. The normalized spacial score (nSPS) is 11.4. The van der Waals surface area contributed by atoms with E-state index in [2.05, 4.69) is 5.32 Å². The van der Waals surface area contributed by atoms with Gasteiger partial charge in [-0.15, -0.1) is 0 Å². The molecule has 0 saturated heterocycles. The van der Waals surface area contributed by atoms with Crippen molar-refractivity contribution >= 4 is 21.6 Å². The van der Waals surface area contributed by atoms with Gasteiger partial charge in [-0.1, -0.05) is 30.3 Å². The van der Waals surface area contributed by atoms with Crippen molar-refractivity contribution in [3.63, 3.8) is 0 Å². The largest absolute Gasteiger partial charge is 0.496 e. The summed E-state index contributed by atoms with van der Waals surface area (Å²) in [6.07, 6.45) is 1.09. The van der Waals surface area contributed by atoms with Gasteiger partial charge in [-0.05, 0) is 37.1 Å². The molecule has 0 aliphatic heterocycles. The molecule has 2 aromatic rings. The lowest BCUT2D eigenvalue weighted by Gasteiger charge is -2.21. The highest BCUT2D eigenvalue weighted by molar-refractivity contribution is 7.88. The number of nitrogens with one attached hydrogen (secondary N) is 1. The van der Waals surface area contributed by atoms with Crippen LogP contribution in [0, 0.1) is 13.8 Å². The standard InChI is InChI=1S/C19H24N2O4S/c1-14-9-10-15(2)17(11-14)20-19(22)13-21(26(4,23)24)12-16-7-5-6-8-18(16)25-3/h5-11H,12-13H2,1-4H3,(H,20,22). The molecule has 0 saturated carbocycles. The van der Waals surface area contributed by atoms with Gasteiger partial charge in [0.2, 0.25) is 15.9 Å². The van der Waals surface area contributed by atoms with E-state index in [1.165, 1.54) is 7.11 Å². The molecule has 2 rings (SSSR count). The van der Waals surface area contributed by atoms with E-state index in [1.54, 1.807) is 24.3 Å². The van der Waals surface area contributed by atoms with Crippen LogP contribution in [0.1, 0.15) is 16.7 Å². The van der Waals surface area contributed by atoms with E-state index in [0.717, 1.165) is 21.7 Å². The van der Waals surface area contributed by atoms with Gasteiger partial charge in [-0.25, -0.2) is 8.42 Å². The number of nitrogens with zero attached hydrogens (tertiary/aromatic N) is 1. The van der Waals surface area contributed by atoms with Crippen molar-refractivity contribution in [3.05, 3.63) is 59.2 Å². The van der Waals surface area contributed by atoms with Crippen molar-refractivity contribution in [3.8, 4) is 5.75 Å². The summed E-state index contributed by atoms with van der Waals surface area (Å²) in [6.45, 7) is 3.60. The summed E-state index contributed by atoms with van der Waals surface area (Å²) in [4.78, 5) is 12.4. The van der Waals surface area contributed by atoms with Crippen molar-refractivity contribution in [1.29, 1.82) is 0 Å². The number of anilines is 1. The third kappa shape index (κ3) is 5.31. The minimum Gasteiger partial charge on any atom is -0.496 e. The Morgan fingerprint density at radius 2 is 1.85 bits per heavy atom. The fourth-order valence-corrected chi connectivity index (χ4v) is 3.26. The van der Waals surface area contributed by atoms with Gasteiger partial charge in [0, 0.05) is 17.8 Å². The molecule has 0 unspecified atom stereocenters. The number of carbonyl (C=O) groups is 1. The number of rotatable bonds is 7. The first kappa shape index (κ1) is 19.9. The zero-order valence-electron chi connectivity index (χ0n) is 15.4. The van der Waals surface area contributed by atoms with Gasteiger partial charge in [-0.2, -0.15) is 4.31 Å². The molecule has 0 atom stereocenters. The average molecular weight is 376 g/mol. The highest BCUT2D eigenvalue weighted by Crippen LogP contribution is 2.21. The predicted octanol–water partition coefficient (Wildman–Crippen LogP) is 2.71. The molecule has 0 aliphatic rings. The first-order valence-electron chi connectivity index (χ1n) is 8.15.